The summed E-state index contributed by atoms with van der Waals surface area (Å²) >= 11 is 0. The molecule has 5 nitrogen and oxygen atoms in total. The molecule has 6 heteroatoms. The zero-order valence-corrected chi connectivity index (χ0v) is 9.89. The van der Waals surface area contributed by atoms with Crippen LogP contribution in [0.2, 0.25) is 0 Å². The van der Waals surface area contributed by atoms with E-state index in [4.69, 9.17) is 5.73 Å². The lowest BCUT2D eigenvalue weighted by atomic mass is 10.1. The highest BCUT2D eigenvalue weighted by atomic mass is 32.2. The summed E-state index contributed by atoms with van der Waals surface area (Å²) in [7, 11) is -3.37. The summed E-state index contributed by atoms with van der Waals surface area (Å²) in [6.45, 7) is 6.50. The first-order valence-corrected chi connectivity index (χ1v) is 6.36. The first-order valence-electron chi connectivity index (χ1n) is 4.88. The Bertz CT molecular complexity index is 239. The lowest BCUT2D eigenvalue weighted by Gasteiger charge is -2.18. The molecule has 0 saturated heterocycles. The molecule has 1 atom stereocenters. The van der Waals surface area contributed by atoms with Crippen LogP contribution in [-0.4, -0.2) is 27.5 Å². The molecular weight excluding hydrogens is 202 g/mol. The van der Waals surface area contributed by atoms with Gasteiger partial charge in [0.25, 0.3) is 10.2 Å². The molecule has 0 radical (unpaired) electrons. The van der Waals surface area contributed by atoms with Crippen LogP contribution in [0, 0.1) is 5.92 Å². The van der Waals surface area contributed by atoms with Gasteiger partial charge in [-0.1, -0.05) is 20.8 Å². The highest BCUT2D eigenvalue weighted by Gasteiger charge is 2.16. The van der Waals surface area contributed by atoms with Gasteiger partial charge < -0.3 is 5.73 Å². The van der Waals surface area contributed by atoms with Gasteiger partial charge in [0.2, 0.25) is 0 Å². The molecule has 0 aromatic rings. The maximum absolute atomic E-state index is 11.3. The van der Waals surface area contributed by atoms with Crippen LogP contribution in [0.3, 0.4) is 0 Å². The molecule has 14 heavy (non-hydrogen) atoms. The zero-order chi connectivity index (χ0) is 11.2. The Kier molecular flexibility index (Phi) is 6.26. The minimum Gasteiger partial charge on any atom is -0.329 e. The van der Waals surface area contributed by atoms with Crippen LogP contribution in [0.1, 0.15) is 27.2 Å². The van der Waals surface area contributed by atoms with E-state index in [2.05, 4.69) is 9.44 Å². The largest absolute Gasteiger partial charge is 0.329 e. The van der Waals surface area contributed by atoms with Crippen molar-refractivity contribution in [2.75, 3.05) is 13.1 Å². The second-order valence-corrected chi connectivity index (χ2v) is 5.21. The second-order valence-electron chi connectivity index (χ2n) is 3.68. The van der Waals surface area contributed by atoms with E-state index >= 15 is 0 Å². The van der Waals surface area contributed by atoms with Crippen molar-refractivity contribution in [2.45, 2.75) is 33.2 Å². The number of hydrogen-bond donors (Lipinski definition) is 3. The van der Waals surface area contributed by atoms with E-state index in [1.807, 2.05) is 13.8 Å². The van der Waals surface area contributed by atoms with Crippen LogP contribution < -0.4 is 15.2 Å². The van der Waals surface area contributed by atoms with E-state index in [1.165, 1.54) is 0 Å². The summed E-state index contributed by atoms with van der Waals surface area (Å²) < 4.78 is 27.5. The molecule has 0 bridgehead atoms. The molecule has 0 aliphatic carbocycles. The van der Waals surface area contributed by atoms with Crippen molar-refractivity contribution < 1.29 is 8.42 Å². The summed E-state index contributed by atoms with van der Waals surface area (Å²) in [5, 5.41) is 0. The van der Waals surface area contributed by atoms with Crippen LogP contribution in [0.5, 0.6) is 0 Å². The topological polar surface area (TPSA) is 84.2 Å². The van der Waals surface area contributed by atoms with Crippen molar-refractivity contribution >= 4 is 10.2 Å². The molecule has 1 unspecified atom stereocenters. The molecule has 0 heterocycles. The van der Waals surface area contributed by atoms with Gasteiger partial charge in [0, 0.05) is 19.1 Å². The van der Waals surface area contributed by atoms with Crippen LogP contribution >= 0.6 is 0 Å². The Morgan fingerprint density at radius 2 is 1.93 bits per heavy atom. The van der Waals surface area contributed by atoms with Gasteiger partial charge in [0.1, 0.15) is 0 Å². The van der Waals surface area contributed by atoms with Gasteiger partial charge in [0.15, 0.2) is 0 Å². The molecule has 86 valence electrons. The van der Waals surface area contributed by atoms with Crippen molar-refractivity contribution in [1.29, 1.82) is 0 Å². The molecule has 0 spiro atoms. The molecule has 0 aliphatic heterocycles. The van der Waals surface area contributed by atoms with Gasteiger partial charge in [-0.3, -0.25) is 0 Å². The van der Waals surface area contributed by atoms with Crippen LogP contribution in [0.15, 0.2) is 0 Å². The average Bonchev–Trinajstić information content (AvgIpc) is 2.01. The van der Waals surface area contributed by atoms with Crippen LogP contribution in [0.4, 0.5) is 0 Å². The summed E-state index contributed by atoms with van der Waals surface area (Å²) in [5.41, 5.74) is 5.47. The average molecular weight is 223 g/mol. The predicted octanol–water partition coefficient (Wildman–Crippen LogP) is -0.196. The first kappa shape index (κ1) is 13.8. The molecule has 0 amide bonds. The second kappa shape index (κ2) is 6.34. The first-order chi connectivity index (χ1) is 6.41. The fourth-order valence-electron chi connectivity index (χ4n) is 1.21. The Hall–Kier alpha value is -0.170. The van der Waals surface area contributed by atoms with E-state index < -0.39 is 10.2 Å². The van der Waals surface area contributed by atoms with Gasteiger partial charge in [-0.05, 0) is 12.3 Å². The predicted molar refractivity (Wildman–Crippen MR) is 58.0 cm³/mol. The highest BCUT2D eigenvalue weighted by molar-refractivity contribution is 7.87. The number of nitrogens with two attached hydrogens (primary N) is 1. The van der Waals surface area contributed by atoms with E-state index in [0.717, 1.165) is 6.42 Å². The zero-order valence-electron chi connectivity index (χ0n) is 9.08. The smallest absolute Gasteiger partial charge is 0.277 e. The maximum Gasteiger partial charge on any atom is 0.277 e. The summed E-state index contributed by atoms with van der Waals surface area (Å²) in [5.74, 6) is 0.424. The lowest BCUT2D eigenvalue weighted by Crippen LogP contribution is -2.46. The standard InChI is InChI=1S/C8H21N3O2S/c1-4-10-14(12,13)11-8(6-9)5-7(2)3/h7-8,10-11H,4-6,9H2,1-3H3. The van der Waals surface area contributed by atoms with Crippen molar-refractivity contribution in [3.63, 3.8) is 0 Å². The Morgan fingerprint density at radius 3 is 2.29 bits per heavy atom. The van der Waals surface area contributed by atoms with Crippen LogP contribution in [-0.2, 0) is 10.2 Å². The van der Waals surface area contributed by atoms with Crippen molar-refractivity contribution in [2.24, 2.45) is 11.7 Å². The normalized spacial score (nSPS) is 14.6. The third kappa shape index (κ3) is 6.31. The SMILES string of the molecule is CCNS(=O)(=O)NC(CN)CC(C)C. The molecule has 0 fully saturated rings. The van der Waals surface area contributed by atoms with Gasteiger partial charge in [-0.2, -0.15) is 13.1 Å². The third-order valence-electron chi connectivity index (χ3n) is 1.70. The molecule has 0 aromatic heterocycles. The molecule has 0 rings (SSSR count). The van der Waals surface area contributed by atoms with E-state index in [1.54, 1.807) is 6.92 Å². The van der Waals surface area contributed by atoms with Gasteiger partial charge >= 0.3 is 0 Å². The van der Waals surface area contributed by atoms with Gasteiger partial charge in [0.05, 0.1) is 0 Å². The molecule has 4 N–H and O–H groups in total. The Labute approximate surface area is 86.6 Å². The highest BCUT2D eigenvalue weighted by Crippen LogP contribution is 2.04. The van der Waals surface area contributed by atoms with Crippen molar-refractivity contribution in [3.05, 3.63) is 0 Å². The minimum absolute atomic E-state index is 0.181. The molecule has 0 aliphatic rings. The molecular formula is C8H21N3O2S. The fraction of sp³-hybridized carbons (Fsp3) is 1.00. The quantitative estimate of drug-likeness (QED) is 0.559. The van der Waals surface area contributed by atoms with E-state index in [0.29, 0.717) is 19.0 Å². The molecule has 0 aromatic carbocycles. The monoisotopic (exact) mass is 223 g/mol. The maximum atomic E-state index is 11.3. The summed E-state index contributed by atoms with van der Waals surface area (Å²) in [6.07, 6.45) is 0.751. The van der Waals surface area contributed by atoms with E-state index in [-0.39, 0.29) is 6.04 Å². The molecule has 0 saturated carbocycles. The Balaban J connectivity index is 4.17. The van der Waals surface area contributed by atoms with Crippen molar-refractivity contribution in [3.8, 4) is 0 Å². The summed E-state index contributed by atoms with van der Waals surface area (Å²) in [6, 6.07) is -0.181. The van der Waals surface area contributed by atoms with Crippen LogP contribution in [0.25, 0.3) is 0 Å². The Morgan fingerprint density at radius 1 is 1.36 bits per heavy atom. The lowest BCUT2D eigenvalue weighted by molar-refractivity contribution is 0.462. The number of hydrogen-bond acceptors (Lipinski definition) is 3. The third-order valence-corrected chi connectivity index (χ3v) is 3.01. The number of rotatable bonds is 7. The van der Waals surface area contributed by atoms with Crippen molar-refractivity contribution in [1.82, 2.24) is 9.44 Å². The fourth-order valence-corrected chi connectivity index (χ4v) is 2.31. The van der Waals surface area contributed by atoms with E-state index in [9.17, 15) is 8.42 Å². The minimum atomic E-state index is -3.37. The number of nitrogens with one attached hydrogen (secondary N) is 2. The van der Waals surface area contributed by atoms with Gasteiger partial charge in [-0.25, -0.2) is 4.72 Å². The van der Waals surface area contributed by atoms with Gasteiger partial charge in [-0.15, -0.1) is 0 Å². The summed E-state index contributed by atoms with van der Waals surface area (Å²) in [4.78, 5) is 0.